The van der Waals surface area contributed by atoms with Crippen LogP contribution < -0.4 is 0 Å². The molecule has 8 heteroatoms. The molecular formula is C11H8ClN7. The first-order valence-electron chi connectivity index (χ1n) is 5.41. The summed E-state index contributed by atoms with van der Waals surface area (Å²) < 4.78 is 1.42. The first kappa shape index (κ1) is 11.7. The van der Waals surface area contributed by atoms with Crippen molar-refractivity contribution in [1.29, 1.82) is 0 Å². The number of pyridine rings is 1. The minimum Gasteiger partial charge on any atom is -0.264 e. The molecule has 3 heterocycles. The minimum atomic E-state index is 0.103. The third-order valence-corrected chi connectivity index (χ3v) is 2.65. The van der Waals surface area contributed by atoms with Crippen LogP contribution in [0.4, 0.5) is 0 Å². The van der Waals surface area contributed by atoms with Crippen molar-refractivity contribution in [2.24, 2.45) is 0 Å². The maximum atomic E-state index is 5.93. The second kappa shape index (κ2) is 4.69. The van der Waals surface area contributed by atoms with Crippen molar-refractivity contribution in [3.05, 3.63) is 42.0 Å². The van der Waals surface area contributed by atoms with Crippen molar-refractivity contribution < 1.29 is 0 Å². The highest BCUT2D eigenvalue weighted by Gasteiger charge is 2.11. The third-order valence-electron chi connectivity index (χ3n) is 2.48. The summed E-state index contributed by atoms with van der Waals surface area (Å²) in [7, 11) is 0. The molecule has 0 unspecified atom stereocenters. The SMILES string of the molecule is Cc1cnccc1-c1nc(Cl)nc(-n2cncn2)n1. The second-order valence-corrected chi connectivity index (χ2v) is 4.10. The molecule has 3 aromatic heterocycles. The van der Waals surface area contributed by atoms with E-state index in [1.807, 2.05) is 13.0 Å². The highest BCUT2D eigenvalue weighted by molar-refractivity contribution is 6.28. The third kappa shape index (κ3) is 2.27. The fraction of sp³-hybridized carbons (Fsp3) is 0.0909. The number of aromatic nitrogens is 7. The van der Waals surface area contributed by atoms with Gasteiger partial charge in [0.05, 0.1) is 0 Å². The summed E-state index contributed by atoms with van der Waals surface area (Å²) in [6.45, 7) is 1.93. The van der Waals surface area contributed by atoms with Crippen molar-refractivity contribution in [2.45, 2.75) is 6.92 Å². The minimum absolute atomic E-state index is 0.103. The van der Waals surface area contributed by atoms with E-state index < -0.39 is 0 Å². The Morgan fingerprint density at radius 2 is 2.05 bits per heavy atom. The quantitative estimate of drug-likeness (QED) is 0.703. The maximum absolute atomic E-state index is 5.93. The van der Waals surface area contributed by atoms with Crippen LogP contribution in [0.5, 0.6) is 0 Å². The van der Waals surface area contributed by atoms with Crippen molar-refractivity contribution in [1.82, 2.24) is 34.7 Å². The highest BCUT2D eigenvalue weighted by Crippen LogP contribution is 2.20. The Labute approximate surface area is 113 Å². The first-order chi connectivity index (χ1) is 9.24. The smallest absolute Gasteiger partial charge is 0.256 e. The summed E-state index contributed by atoms with van der Waals surface area (Å²) in [5.74, 6) is 0.800. The largest absolute Gasteiger partial charge is 0.264 e. The van der Waals surface area contributed by atoms with Gasteiger partial charge in [0.15, 0.2) is 5.82 Å². The molecule has 7 nitrogen and oxygen atoms in total. The van der Waals surface area contributed by atoms with E-state index in [0.717, 1.165) is 11.1 Å². The Morgan fingerprint density at radius 3 is 2.79 bits per heavy atom. The molecule has 0 aromatic carbocycles. The zero-order valence-electron chi connectivity index (χ0n) is 9.90. The Morgan fingerprint density at radius 1 is 1.16 bits per heavy atom. The fourth-order valence-corrected chi connectivity index (χ4v) is 1.75. The summed E-state index contributed by atoms with van der Waals surface area (Å²) in [6, 6.07) is 1.83. The normalized spacial score (nSPS) is 10.6. The van der Waals surface area contributed by atoms with E-state index in [-0.39, 0.29) is 5.28 Å². The summed E-state index contributed by atoms with van der Waals surface area (Å²) in [4.78, 5) is 20.4. The molecule has 0 aliphatic carbocycles. The summed E-state index contributed by atoms with van der Waals surface area (Å²) in [5, 5.41) is 4.07. The molecule has 0 fully saturated rings. The number of halogens is 1. The van der Waals surface area contributed by atoms with Crippen LogP contribution in [0.2, 0.25) is 5.28 Å². The van der Waals surface area contributed by atoms with Crippen LogP contribution in [0.15, 0.2) is 31.1 Å². The van der Waals surface area contributed by atoms with E-state index >= 15 is 0 Å². The average molecular weight is 274 g/mol. The summed E-state index contributed by atoms with van der Waals surface area (Å²) in [5.41, 5.74) is 1.80. The van der Waals surface area contributed by atoms with Crippen LogP contribution in [-0.4, -0.2) is 34.7 Å². The molecule has 0 N–H and O–H groups in total. The Balaban J connectivity index is 2.16. The molecule has 0 spiro atoms. The molecule has 0 bridgehead atoms. The van der Waals surface area contributed by atoms with E-state index in [1.165, 1.54) is 17.3 Å². The number of hydrogen-bond acceptors (Lipinski definition) is 6. The van der Waals surface area contributed by atoms with Gasteiger partial charge < -0.3 is 0 Å². The molecule has 0 saturated carbocycles. The molecule has 3 rings (SSSR count). The lowest BCUT2D eigenvalue weighted by molar-refractivity contribution is 0.796. The van der Waals surface area contributed by atoms with Crippen molar-refractivity contribution in [3.8, 4) is 17.3 Å². The van der Waals surface area contributed by atoms with Crippen molar-refractivity contribution in [3.63, 3.8) is 0 Å². The summed E-state index contributed by atoms with van der Waals surface area (Å²) in [6.07, 6.45) is 6.31. The zero-order chi connectivity index (χ0) is 13.2. The lowest BCUT2D eigenvalue weighted by atomic mass is 10.1. The Bertz CT molecular complexity index is 711. The van der Waals surface area contributed by atoms with Gasteiger partial charge in [-0.3, -0.25) is 4.98 Å². The van der Waals surface area contributed by atoms with Crippen LogP contribution in [0, 0.1) is 6.92 Å². The molecule has 94 valence electrons. The first-order valence-corrected chi connectivity index (χ1v) is 5.79. The highest BCUT2D eigenvalue weighted by atomic mass is 35.5. The molecule has 0 saturated heterocycles. The number of nitrogens with zero attached hydrogens (tertiary/aromatic N) is 7. The second-order valence-electron chi connectivity index (χ2n) is 3.76. The molecule has 0 radical (unpaired) electrons. The predicted molar refractivity (Wildman–Crippen MR) is 67.7 cm³/mol. The van der Waals surface area contributed by atoms with Crippen LogP contribution in [0.3, 0.4) is 0 Å². The van der Waals surface area contributed by atoms with E-state index in [9.17, 15) is 0 Å². The van der Waals surface area contributed by atoms with Gasteiger partial charge >= 0.3 is 0 Å². The van der Waals surface area contributed by atoms with Gasteiger partial charge in [0, 0.05) is 18.0 Å². The number of rotatable bonds is 2. The standard InChI is InChI=1S/C11H8ClN7/c1-7-4-13-3-2-8(7)9-16-10(12)18-11(17-9)19-6-14-5-15-19/h2-6H,1H3. The van der Waals surface area contributed by atoms with Gasteiger partial charge in [-0.05, 0) is 30.2 Å². The van der Waals surface area contributed by atoms with Gasteiger partial charge in [-0.1, -0.05) is 0 Å². The Hall–Kier alpha value is -2.41. The molecule has 3 aromatic rings. The van der Waals surface area contributed by atoms with E-state index in [0.29, 0.717) is 11.8 Å². The van der Waals surface area contributed by atoms with Gasteiger partial charge in [-0.15, -0.1) is 0 Å². The molecule has 0 aliphatic rings. The van der Waals surface area contributed by atoms with Crippen molar-refractivity contribution >= 4 is 11.6 Å². The Kier molecular flexibility index (Phi) is 2.88. The lowest BCUT2D eigenvalue weighted by Gasteiger charge is -2.05. The van der Waals surface area contributed by atoms with Crippen LogP contribution in [-0.2, 0) is 0 Å². The van der Waals surface area contributed by atoms with Gasteiger partial charge in [-0.25, -0.2) is 4.98 Å². The van der Waals surface area contributed by atoms with Crippen LogP contribution in [0.1, 0.15) is 5.56 Å². The number of aryl methyl sites for hydroxylation is 1. The van der Waals surface area contributed by atoms with Crippen LogP contribution >= 0.6 is 11.6 Å². The van der Waals surface area contributed by atoms with Crippen molar-refractivity contribution in [2.75, 3.05) is 0 Å². The zero-order valence-corrected chi connectivity index (χ0v) is 10.7. The fourth-order valence-electron chi connectivity index (χ4n) is 1.60. The monoisotopic (exact) mass is 273 g/mol. The molecule has 19 heavy (non-hydrogen) atoms. The lowest BCUT2D eigenvalue weighted by Crippen LogP contribution is -2.05. The topological polar surface area (TPSA) is 82.3 Å². The van der Waals surface area contributed by atoms with Gasteiger partial charge in [0.2, 0.25) is 5.28 Å². The van der Waals surface area contributed by atoms with Crippen LogP contribution in [0.25, 0.3) is 17.3 Å². The van der Waals surface area contributed by atoms with Gasteiger partial charge in [-0.2, -0.15) is 24.7 Å². The van der Waals surface area contributed by atoms with E-state index in [1.54, 1.807) is 12.4 Å². The molecule has 0 amide bonds. The maximum Gasteiger partial charge on any atom is 0.256 e. The molecule has 0 atom stereocenters. The van der Waals surface area contributed by atoms with E-state index in [2.05, 4.69) is 30.0 Å². The summed E-state index contributed by atoms with van der Waals surface area (Å²) >= 11 is 5.93. The number of hydrogen-bond donors (Lipinski definition) is 0. The van der Waals surface area contributed by atoms with Gasteiger partial charge in [0.25, 0.3) is 5.95 Å². The molecular weight excluding hydrogens is 266 g/mol. The van der Waals surface area contributed by atoms with E-state index in [4.69, 9.17) is 11.6 Å². The van der Waals surface area contributed by atoms with Gasteiger partial charge in [0.1, 0.15) is 12.7 Å². The molecule has 0 aliphatic heterocycles. The average Bonchev–Trinajstić information content (AvgIpc) is 2.92. The predicted octanol–water partition coefficient (Wildman–Crippen LogP) is 1.48.